The van der Waals surface area contributed by atoms with Crippen molar-refractivity contribution in [3.8, 4) is 0 Å². The maximum absolute atomic E-state index is 5.67. The molecule has 2 nitrogen and oxygen atoms in total. The third kappa shape index (κ3) is 1.30. The number of nitrogens with zero attached hydrogens (tertiary/aromatic N) is 1. The Balaban J connectivity index is 2.33. The topological polar surface area (TPSA) is 25.5 Å². The summed E-state index contributed by atoms with van der Waals surface area (Å²) >= 11 is 0. The average molecular weight is 197 g/mol. The minimum Gasteiger partial charge on any atom is -0.438 e. The molecule has 0 saturated heterocycles. The average Bonchev–Trinajstić information content (AvgIpc) is 2.51. The minimum atomic E-state index is 0.367. The van der Waals surface area contributed by atoms with Gasteiger partial charge >= 0.3 is 0 Å². The van der Waals surface area contributed by atoms with Gasteiger partial charge in [0.1, 0.15) is 5.58 Å². The quantitative estimate of drug-likeness (QED) is 0.630. The molecule has 1 aliphatic rings. The molecule has 1 aliphatic heterocycles. The van der Waals surface area contributed by atoms with Crippen LogP contribution in [0.15, 0.2) is 39.8 Å². The molecule has 0 spiro atoms. The van der Waals surface area contributed by atoms with Crippen LogP contribution >= 0.6 is 0 Å². The van der Waals surface area contributed by atoms with E-state index in [1.165, 1.54) is 0 Å². The molecule has 0 fully saturated rings. The summed E-state index contributed by atoms with van der Waals surface area (Å²) in [6.45, 7) is 2.11. The maximum Gasteiger partial charge on any atom is 0.226 e. The second-order valence-corrected chi connectivity index (χ2v) is 3.81. The summed E-state index contributed by atoms with van der Waals surface area (Å²) in [6.07, 6.45) is 6.14. The molecule has 1 aromatic heterocycles. The molecule has 1 atom stereocenters. The summed E-state index contributed by atoms with van der Waals surface area (Å²) < 4.78 is 5.67. The number of aliphatic imine (C=N–C) groups is 1. The Hall–Kier alpha value is -1.83. The van der Waals surface area contributed by atoms with Gasteiger partial charge in [-0.05, 0) is 6.07 Å². The number of furan rings is 1. The van der Waals surface area contributed by atoms with Crippen LogP contribution in [0.3, 0.4) is 0 Å². The van der Waals surface area contributed by atoms with Crippen LogP contribution in [0.2, 0.25) is 0 Å². The van der Waals surface area contributed by atoms with E-state index in [1.54, 1.807) is 0 Å². The third-order valence-electron chi connectivity index (χ3n) is 2.61. The predicted molar refractivity (Wildman–Crippen MR) is 62.6 cm³/mol. The molecular formula is C13H11NO. The van der Waals surface area contributed by atoms with Crippen molar-refractivity contribution < 1.29 is 4.42 Å². The lowest BCUT2D eigenvalue weighted by Crippen LogP contribution is -1.86. The van der Waals surface area contributed by atoms with Gasteiger partial charge < -0.3 is 4.42 Å². The Bertz CT molecular complexity index is 563. The normalized spacial score (nSPS) is 19.1. The Kier molecular flexibility index (Phi) is 1.75. The summed E-state index contributed by atoms with van der Waals surface area (Å²) in [5, 5.41) is 1.13. The lowest BCUT2D eigenvalue weighted by atomic mass is 10.1. The van der Waals surface area contributed by atoms with Crippen LogP contribution < -0.4 is 0 Å². The Labute approximate surface area is 87.9 Å². The van der Waals surface area contributed by atoms with Crippen molar-refractivity contribution in [3.05, 3.63) is 35.9 Å². The zero-order valence-electron chi connectivity index (χ0n) is 8.47. The molecule has 2 heterocycles. The smallest absolute Gasteiger partial charge is 0.226 e. The molecule has 0 bridgehead atoms. The molecule has 74 valence electrons. The Morgan fingerprint density at radius 1 is 1.27 bits per heavy atom. The number of benzene rings is 1. The number of rotatable bonds is 0. The number of para-hydroxylation sites is 1. The van der Waals surface area contributed by atoms with Crippen LogP contribution in [-0.4, -0.2) is 6.21 Å². The van der Waals surface area contributed by atoms with Crippen LogP contribution in [0, 0.1) is 5.92 Å². The van der Waals surface area contributed by atoms with Crippen LogP contribution in [0.5, 0.6) is 0 Å². The molecule has 0 amide bonds. The first-order chi connectivity index (χ1) is 7.34. The van der Waals surface area contributed by atoms with E-state index in [1.807, 2.05) is 24.4 Å². The monoisotopic (exact) mass is 197 g/mol. The fraction of sp³-hybridized carbons (Fsp3) is 0.154. The summed E-state index contributed by atoms with van der Waals surface area (Å²) in [4.78, 5) is 4.35. The number of hydrogen-bond donors (Lipinski definition) is 0. The van der Waals surface area contributed by atoms with Crippen LogP contribution in [0.1, 0.15) is 12.5 Å². The van der Waals surface area contributed by atoms with E-state index in [-0.39, 0.29) is 0 Å². The van der Waals surface area contributed by atoms with E-state index in [4.69, 9.17) is 4.42 Å². The number of fused-ring (bicyclic) bond motifs is 3. The lowest BCUT2D eigenvalue weighted by Gasteiger charge is -1.91. The fourth-order valence-corrected chi connectivity index (χ4v) is 1.79. The van der Waals surface area contributed by atoms with Crippen molar-refractivity contribution in [2.45, 2.75) is 6.92 Å². The fourth-order valence-electron chi connectivity index (χ4n) is 1.79. The second-order valence-electron chi connectivity index (χ2n) is 3.81. The molecule has 0 radical (unpaired) electrons. The van der Waals surface area contributed by atoms with Crippen LogP contribution in [0.25, 0.3) is 17.0 Å². The number of hydrogen-bond acceptors (Lipinski definition) is 2. The van der Waals surface area contributed by atoms with Crippen molar-refractivity contribution in [1.82, 2.24) is 0 Å². The van der Waals surface area contributed by atoms with E-state index in [2.05, 4.69) is 30.1 Å². The van der Waals surface area contributed by atoms with Gasteiger partial charge in [0, 0.05) is 23.1 Å². The first-order valence-corrected chi connectivity index (χ1v) is 5.08. The molecule has 0 saturated carbocycles. The highest BCUT2D eigenvalue weighted by Gasteiger charge is 2.12. The SMILES string of the molecule is C[C@@H]1C=Cc2c(oc3ccccc23)N=C1. The highest BCUT2D eigenvalue weighted by molar-refractivity contribution is 5.93. The molecule has 15 heavy (non-hydrogen) atoms. The zero-order chi connectivity index (χ0) is 10.3. The van der Waals surface area contributed by atoms with E-state index >= 15 is 0 Å². The van der Waals surface area contributed by atoms with Gasteiger partial charge in [-0.25, -0.2) is 4.99 Å². The Morgan fingerprint density at radius 3 is 3.07 bits per heavy atom. The lowest BCUT2D eigenvalue weighted by molar-refractivity contribution is 0.625. The first kappa shape index (κ1) is 8.48. The highest BCUT2D eigenvalue weighted by Crippen LogP contribution is 2.34. The van der Waals surface area contributed by atoms with E-state index in [0.29, 0.717) is 5.92 Å². The van der Waals surface area contributed by atoms with Crippen molar-refractivity contribution in [1.29, 1.82) is 0 Å². The molecule has 2 heteroatoms. The van der Waals surface area contributed by atoms with Crippen molar-refractivity contribution in [2.24, 2.45) is 10.9 Å². The van der Waals surface area contributed by atoms with Crippen molar-refractivity contribution in [3.63, 3.8) is 0 Å². The maximum atomic E-state index is 5.67. The molecule has 0 N–H and O–H groups in total. The molecule has 2 aromatic rings. The van der Waals surface area contributed by atoms with Crippen molar-refractivity contribution in [2.75, 3.05) is 0 Å². The molecular weight excluding hydrogens is 186 g/mol. The van der Waals surface area contributed by atoms with Gasteiger partial charge in [0.15, 0.2) is 0 Å². The molecule has 1 aromatic carbocycles. The van der Waals surface area contributed by atoms with Crippen molar-refractivity contribution >= 4 is 29.1 Å². The summed E-state index contributed by atoms with van der Waals surface area (Å²) in [5.74, 6) is 1.09. The standard InChI is InChI=1S/C13H11NO/c1-9-6-7-11-10-4-2-3-5-12(10)15-13(11)14-8-9/h2-9H,1H3/t9-/m1/s1. The zero-order valence-corrected chi connectivity index (χ0v) is 8.47. The van der Waals surface area contributed by atoms with Gasteiger partial charge in [0.25, 0.3) is 0 Å². The van der Waals surface area contributed by atoms with Gasteiger partial charge in [0.2, 0.25) is 5.88 Å². The predicted octanol–water partition coefficient (Wildman–Crippen LogP) is 3.80. The van der Waals surface area contributed by atoms with E-state index in [9.17, 15) is 0 Å². The van der Waals surface area contributed by atoms with Crippen LogP contribution in [-0.2, 0) is 0 Å². The van der Waals surface area contributed by atoms with E-state index in [0.717, 1.165) is 22.4 Å². The molecule has 3 rings (SSSR count). The summed E-state index contributed by atoms with van der Waals surface area (Å²) in [5.41, 5.74) is 1.99. The largest absolute Gasteiger partial charge is 0.438 e. The van der Waals surface area contributed by atoms with Gasteiger partial charge in [-0.3, -0.25) is 0 Å². The van der Waals surface area contributed by atoms with Gasteiger partial charge in [-0.15, -0.1) is 0 Å². The van der Waals surface area contributed by atoms with Gasteiger partial charge in [-0.2, -0.15) is 0 Å². The molecule has 0 unspecified atom stereocenters. The van der Waals surface area contributed by atoms with Gasteiger partial charge in [0.05, 0.1) is 0 Å². The van der Waals surface area contributed by atoms with E-state index < -0.39 is 0 Å². The highest BCUT2D eigenvalue weighted by atomic mass is 16.3. The Morgan fingerprint density at radius 2 is 2.13 bits per heavy atom. The molecule has 0 aliphatic carbocycles. The first-order valence-electron chi connectivity index (χ1n) is 5.08. The van der Waals surface area contributed by atoms with Gasteiger partial charge in [-0.1, -0.05) is 37.3 Å². The summed E-state index contributed by atoms with van der Waals surface area (Å²) in [6, 6.07) is 8.02. The number of allylic oxidation sites excluding steroid dienone is 1. The second kappa shape index (κ2) is 3.09. The third-order valence-corrected chi connectivity index (χ3v) is 2.61. The minimum absolute atomic E-state index is 0.367. The van der Waals surface area contributed by atoms with Crippen LogP contribution in [0.4, 0.5) is 5.88 Å². The summed E-state index contributed by atoms with van der Waals surface area (Å²) in [7, 11) is 0.